The van der Waals surface area contributed by atoms with Gasteiger partial charge in [-0.25, -0.2) is 13.9 Å². The summed E-state index contributed by atoms with van der Waals surface area (Å²) in [5.41, 5.74) is 3.47. The number of anilines is 2. The second-order valence-corrected chi connectivity index (χ2v) is 9.82. The van der Waals surface area contributed by atoms with Gasteiger partial charge in [0.2, 0.25) is 5.82 Å². The number of methoxy groups -OCH3 is 1. The lowest BCUT2D eigenvalue weighted by Crippen LogP contribution is -2.45. The highest BCUT2D eigenvalue weighted by atomic mass is 19.1. The predicted octanol–water partition coefficient (Wildman–Crippen LogP) is 4.13. The van der Waals surface area contributed by atoms with Gasteiger partial charge in [0.1, 0.15) is 17.0 Å². The predicted molar refractivity (Wildman–Crippen MR) is 154 cm³/mol. The third-order valence-corrected chi connectivity index (χ3v) is 7.07. The van der Waals surface area contributed by atoms with Gasteiger partial charge in [-0.3, -0.25) is 19.9 Å². The van der Waals surface area contributed by atoms with Crippen LogP contribution in [0.2, 0.25) is 0 Å². The highest BCUT2D eigenvalue weighted by Gasteiger charge is 2.28. The molecule has 0 bridgehead atoms. The van der Waals surface area contributed by atoms with Crippen LogP contribution < -0.4 is 10.1 Å². The Kier molecular flexibility index (Phi) is 7.61. The SMILES string of the molecule is COc1ccc(/C=N/C2CCN(Cc3ccn4nc(-c5ccccn5)nc(Nc5ccncc5F)c34)CC2O)cc1. The lowest BCUT2D eigenvalue weighted by atomic mass is 10.0. The van der Waals surface area contributed by atoms with E-state index in [0.29, 0.717) is 36.8 Å². The maximum atomic E-state index is 14.5. The number of nitrogens with zero attached hydrogens (tertiary/aromatic N) is 7. The molecule has 0 spiro atoms. The summed E-state index contributed by atoms with van der Waals surface area (Å²) in [4.78, 5) is 19.8. The molecule has 0 aliphatic carbocycles. The zero-order valence-electron chi connectivity index (χ0n) is 22.4. The number of likely N-dealkylation sites (tertiary alicyclic amines) is 1. The minimum Gasteiger partial charge on any atom is -0.497 e. The van der Waals surface area contributed by atoms with E-state index in [-0.39, 0.29) is 11.7 Å². The molecule has 2 N–H and O–H groups in total. The molecular formula is C30H29FN8O2. The molecule has 1 aromatic carbocycles. The van der Waals surface area contributed by atoms with Crippen molar-refractivity contribution >= 4 is 23.2 Å². The van der Waals surface area contributed by atoms with E-state index in [1.807, 2.05) is 54.7 Å². The van der Waals surface area contributed by atoms with Gasteiger partial charge >= 0.3 is 0 Å². The number of aromatic nitrogens is 5. The van der Waals surface area contributed by atoms with Crippen molar-refractivity contribution in [2.24, 2.45) is 4.99 Å². The molecule has 1 aliphatic heterocycles. The lowest BCUT2D eigenvalue weighted by molar-refractivity contribution is 0.0511. The van der Waals surface area contributed by atoms with Crippen LogP contribution in [0.4, 0.5) is 15.9 Å². The highest BCUT2D eigenvalue weighted by molar-refractivity contribution is 5.80. The average Bonchev–Trinajstić information content (AvgIpc) is 3.41. The van der Waals surface area contributed by atoms with Crippen molar-refractivity contribution in [3.8, 4) is 17.3 Å². The minimum atomic E-state index is -0.609. The number of halogens is 1. The Morgan fingerprint density at radius 2 is 2.02 bits per heavy atom. The van der Waals surface area contributed by atoms with Crippen LogP contribution in [0.1, 0.15) is 17.5 Å². The molecule has 1 saturated heterocycles. The Morgan fingerprint density at radius 3 is 2.78 bits per heavy atom. The van der Waals surface area contributed by atoms with E-state index in [0.717, 1.165) is 35.1 Å². The number of aliphatic imine (C=N–C) groups is 1. The van der Waals surface area contributed by atoms with Crippen LogP contribution >= 0.6 is 0 Å². The van der Waals surface area contributed by atoms with E-state index in [2.05, 4.69) is 30.3 Å². The standard InChI is InChI=1S/C30H29FN8O2/c1-41-22-7-5-20(6-8-22)16-34-25-11-14-38(19-27(25)40)18-21-10-15-39-28(21)30(35-24-9-13-32-17-23(24)31)36-29(37-39)26-4-2-3-12-33-26/h2-10,12-13,15-17,25,27,40H,11,14,18-19H2,1H3,(H,32,35,36,37)/b34-16+. The monoisotopic (exact) mass is 552 g/mol. The first-order chi connectivity index (χ1) is 20.1. The van der Waals surface area contributed by atoms with Crippen LogP contribution in [0, 0.1) is 5.82 Å². The van der Waals surface area contributed by atoms with Gasteiger partial charge in [-0.15, -0.1) is 5.10 Å². The first-order valence-electron chi connectivity index (χ1n) is 13.3. The second-order valence-electron chi connectivity index (χ2n) is 9.82. The molecule has 5 aromatic rings. The van der Waals surface area contributed by atoms with Crippen molar-refractivity contribution in [2.75, 3.05) is 25.5 Å². The summed E-state index contributed by atoms with van der Waals surface area (Å²) in [6, 6.07) is 16.5. The Bertz CT molecular complexity index is 1660. The fourth-order valence-corrected chi connectivity index (χ4v) is 4.93. The Hall–Kier alpha value is -4.74. The topological polar surface area (TPSA) is 113 Å². The number of ether oxygens (including phenoxy) is 1. The van der Waals surface area contributed by atoms with Gasteiger partial charge in [0, 0.05) is 44.4 Å². The van der Waals surface area contributed by atoms with Crippen LogP contribution in [-0.4, -0.2) is 73.1 Å². The minimum absolute atomic E-state index is 0.185. The number of piperidine rings is 1. The largest absolute Gasteiger partial charge is 0.497 e. The lowest BCUT2D eigenvalue weighted by Gasteiger charge is -2.34. The number of rotatable bonds is 8. The molecule has 6 rings (SSSR count). The summed E-state index contributed by atoms with van der Waals surface area (Å²) in [6.07, 6.45) is 8.12. The summed E-state index contributed by atoms with van der Waals surface area (Å²) < 4.78 is 21.5. The van der Waals surface area contributed by atoms with Crippen molar-refractivity contribution in [1.82, 2.24) is 29.5 Å². The average molecular weight is 553 g/mol. The molecule has 41 heavy (non-hydrogen) atoms. The smallest absolute Gasteiger partial charge is 0.200 e. The summed E-state index contributed by atoms with van der Waals surface area (Å²) in [5, 5.41) is 18.7. The van der Waals surface area contributed by atoms with Gasteiger partial charge in [-0.05, 0) is 66.1 Å². The zero-order chi connectivity index (χ0) is 28.2. The molecular weight excluding hydrogens is 523 g/mol. The van der Waals surface area contributed by atoms with Crippen molar-refractivity contribution in [3.63, 3.8) is 0 Å². The number of benzene rings is 1. The number of fused-ring (bicyclic) bond motifs is 1. The highest BCUT2D eigenvalue weighted by Crippen LogP contribution is 2.28. The van der Waals surface area contributed by atoms with Gasteiger partial charge in [-0.1, -0.05) is 6.07 Å². The normalized spacial score (nSPS) is 17.7. The van der Waals surface area contributed by atoms with Crippen LogP contribution in [-0.2, 0) is 6.54 Å². The molecule has 4 aromatic heterocycles. The molecule has 2 unspecified atom stereocenters. The maximum absolute atomic E-state index is 14.5. The van der Waals surface area contributed by atoms with Gasteiger partial charge in [0.05, 0.1) is 31.1 Å². The van der Waals surface area contributed by atoms with Crippen LogP contribution in [0.5, 0.6) is 5.75 Å². The molecule has 2 atom stereocenters. The van der Waals surface area contributed by atoms with Gasteiger partial charge in [0.25, 0.3) is 0 Å². The van der Waals surface area contributed by atoms with Crippen molar-refractivity contribution < 1.29 is 14.2 Å². The van der Waals surface area contributed by atoms with E-state index in [1.165, 1.54) is 6.20 Å². The van der Waals surface area contributed by atoms with Crippen molar-refractivity contribution in [2.45, 2.75) is 25.1 Å². The van der Waals surface area contributed by atoms with E-state index >= 15 is 0 Å². The van der Waals surface area contributed by atoms with E-state index in [9.17, 15) is 9.50 Å². The van der Waals surface area contributed by atoms with Gasteiger partial charge < -0.3 is 15.2 Å². The summed E-state index contributed by atoms with van der Waals surface area (Å²) in [6.45, 7) is 1.78. The molecule has 208 valence electrons. The summed E-state index contributed by atoms with van der Waals surface area (Å²) in [5.74, 6) is 1.15. The number of hydrogen-bond donors (Lipinski definition) is 2. The summed E-state index contributed by atoms with van der Waals surface area (Å²) >= 11 is 0. The molecule has 5 heterocycles. The molecule has 0 amide bonds. The van der Waals surface area contributed by atoms with Crippen LogP contribution in [0.3, 0.4) is 0 Å². The quantitative estimate of drug-likeness (QED) is 0.276. The Labute approximate surface area is 236 Å². The van der Waals surface area contributed by atoms with E-state index in [1.54, 1.807) is 30.1 Å². The fraction of sp³-hybridized carbons (Fsp3) is 0.233. The number of hydrogen-bond acceptors (Lipinski definition) is 9. The van der Waals surface area contributed by atoms with Crippen LogP contribution in [0.15, 0.2) is 84.4 Å². The third kappa shape index (κ3) is 5.91. The molecule has 0 saturated carbocycles. The number of aliphatic hydroxyl groups excluding tert-OH is 1. The van der Waals surface area contributed by atoms with Crippen LogP contribution in [0.25, 0.3) is 17.0 Å². The number of aliphatic hydroxyl groups is 1. The maximum Gasteiger partial charge on any atom is 0.200 e. The molecule has 11 heteroatoms. The van der Waals surface area contributed by atoms with Gasteiger partial charge in [0.15, 0.2) is 11.6 Å². The second kappa shape index (κ2) is 11.8. The third-order valence-electron chi connectivity index (χ3n) is 7.07. The van der Waals surface area contributed by atoms with Crippen molar-refractivity contribution in [3.05, 3.63) is 96.3 Å². The zero-order valence-corrected chi connectivity index (χ0v) is 22.4. The number of β-amino-alcohol motifs (C(OH)–C–C–N with tert-alkyl or cyclic N) is 1. The van der Waals surface area contributed by atoms with Crippen molar-refractivity contribution in [1.29, 1.82) is 0 Å². The van der Waals surface area contributed by atoms with E-state index in [4.69, 9.17) is 9.72 Å². The molecule has 1 fully saturated rings. The summed E-state index contributed by atoms with van der Waals surface area (Å²) in [7, 11) is 1.63. The van der Waals surface area contributed by atoms with Gasteiger partial charge in [-0.2, -0.15) is 0 Å². The van der Waals surface area contributed by atoms with E-state index < -0.39 is 11.9 Å². The first kappa shape index (κ1) is 26.5. The molecule has 10 nitrogen and oxygen atoms in total. The molecule has 0 radical (unpaired) electrons. The fourth-order valence-electron chi connectivity index (χ4n) is 4.93. The number of pyridine rings is 2. The Balaban J connectivity index is 1.23. The molecule has 1 aliphatic rings. The Morgan fingerprint density at radius 1 is 1.15 bits per heavy atom. The number of nitrogens with one attached hydrogen (secondary N) is 1. The first-order valence-corrected chi connectivity index (χ1v) is 13.3.